The normalized spacial score (nSPS) is 21.1. The predicted molar refractivity (Wildman–Crippen MR) is 104 cm³/mol. The summed E-state index contributed by atoms with van der Waals surface area (Å²) in [7, 11) is 0. The second-order valence-corrected chi connectivity index (χ2v) is 7.14. The summed E-state index contributed by atoms with van der Waals surface area (Å²) in [5, 5.41) is 4.24. The van der Waals surface area contributed by atoms with E-state index in [0.717, 1.165) is 61.7 Å². The molecule has 3 rings (SSSR count). The molecule has 0 saturated carbocycles. The average molecular weight is 447 g/mol. The van der Waals surface area contributed by atoms with Gasteiger partial charge in [-0.05, 0) is 36.5 Å². The highest BCUT2D eigenvalue weighted by Gasteiger charge is 2.32. The number of hydrogen-bond acceptors (Lipinski definition) is 3. The number of nitrogens with zero attached hydrogens (tertiary/aromatic N) is 1. The van der Waals surface area contributed by atoms with E-state index < -0.39 is 0 Å². The van der Waals surface area contributed by atoms with E-state index >= 15 is 0 Å². The third-order valence-corrected chi connectivity index (χ3v) is 5.46. The molecule has 132 valence electrons. The summed E-state index contributed by atoms with van der Waals surface area (Å²) in [6.45, 7) is 6.14. The average Bonchev–Trinajstić information content (AvgIpc) is 2.52. The molecule has 2 heterocycles. The van der Waals surface area contributed by atoms with Crippen molar-refractivity contribution in [3.63, 3.8) is 0 Å². The fourth-order valence-electron chi connectivity index (χ4n) is 3.48. The first-order valence-electron chi connectivity index (χ1n) is 7.73. The van der Waals surface area contributed by atoms with Crippen LogP contribution >= 0.6 is 52.3 Å². The number of nitrogens with one attached hydrogen (secondary N) is 1. The summed E-state index contributed by atoms with van der Waals surface area (Å²) in [5.41, 5.74) is 1.37. The van der Waals surface area contributed by atoms with Crippen molar-refractivity contribution in [3.05, 3.63) is 33.3 Å². The lowest BCUT2D eigenvalue weighted by atomic mass is 9.85. The molecule has 0 unspecified atom stereocenters. The molecule has 1 aromatic carbocycles. The second kappa shape index (κ2) is 10.4. The van der Waals surface area contributed by atoms with Crippen molar-refractivity contribution < 1.29 is 4.74 Å². The van der Waals surface area contributed by atoms with E-state index in [1.165, 1.54) is 5.56 Å². The zero-order valence-electron chi connectivity index (χ0n) is 13.0. The number of hydrogen-bond donors (Lipinski definition) is 1. The van der Waals surface area contributed by atoms with Crippen molar-refractivity contribution in [2.45, 2.75) is 18.9 Å². The van der Waals surface area contributed by atoms with Gasteiger partial charge < -0.3 is 10.1 Å². The summed E-state index contributed by atoms with van der Waals surface area (Å²) in [5.74, 6) is 0.661. The number of benzene rings is 1. The Morgan fingerprint density at radius 2 is 1.83 bits per heavy atom. The molecule has 2 aliphatic rings. The third-order valence-electron chi connectivity index (χ3n) is 4.54. The van der Waals surface area contributed by atoms with E-state index in [1.807, 2.05) is 12.1 Å². The van der Waals surface area contributed by atoms with E-state index in [1.54, 1.807) is 0 Å². The van der Waals surface area contributed by atoms with Gasteiger partial charge in [-0.15, -0.1) is 24.8 Å². The summed E-state index contributed by atoms with van der Waals surface area (Å²) in [4.78, 5) is 2.63. The van der Waals surface area contributed by atoms with Gasteiger partial charge in [-0.3, -0.25) is 4.90 Å². The lowest BCUT2D eigenvalue weighted by Gasteiger charge is -2.41. The Kier molecular flexibility index (Phi) is 9.76. The number of rotatable bonds is 3. The van der Waals surface area contributed by atoms with Crippen LogP contribution in [-0.4, -0.2) is 44.3 Å². The molecular weight excluding hydrogens is 422 g/mol. The van der Waals surface area contributed by atoms with E-state index in [4.69, 9.17) is 16.3 Å². The fourth-order valence-corrected chi connectivity index (χ4v) is 4.40. The zero-order valence-corrected chi connectivity index (χ0v) is 16.9. The standard InChI is InChI=1S/C16H22BrClN2O.2ClH/c17-15-11-13(18)1-2-14(15)16(12-3-9-21-10-4-12)20-7-5-19-6-8-20;;/h1-2,11-12,16,19H,3-10H2;2*1H/t16-;;/m0../s1. The molecule has 0 bridgehead atoms. The van der Waals surface area contributed by atoms with Crippen molar-refractivity contribution in [2.75, 3.05) is 39.4 Å². The first-order chi connectivity index (χ1) is 10.3. The molecule has 23 heavy (non-hydrogen) atoms. The molecule has 1 aromatic rings. The minimum absolute atomic E-state index is 0. The first kappa shape index (κ1) is 21.5. The van der Waals surface area contributed by atoms with Crippen molar-refractivity contribution in [2.24, 2.45) is 5.92 Å². The summed E-state index contributed by atoms with van der Waals surface area (Å²) in [6, 6.07) is 6.68. The summed E-state index contributed by atoms with van der Waals surface area (Å²) < 4.78 is 6.69. The predicted octanol–water partition coefficient (Wildman–Crippen LogP) is 4.32. The van der Waals surface area contributed by atoms with Crippen molar-refractivity contribution in [3.8, 4) is 0 Å². The molecule has 0 aliphatic carbocycles. The van der Waals surface area contributed by atoms with Crippen LogP contribution in [0.2, 0.25) is 5.02 Å². The Bertz CT molecular complexity index is 462. The molecule has 1 N–H and O–H groups in total. The Morgan fingerprint density at radius 3 is 2.43 bits per heavy atom. The van der Waals surface area contributed by atoms with Crippen molar-refractivity contribution >= 4 is 52.3 Å². The maximum absolute atomic E-state index is 6.12. The molecule has 0 amide bonds. The zero-order chi connectivity index (χ0) is 14.7. The monoisotopic (exact) mass is 444 g/mol. The molecule has 2 fully saturated rings. The topological polar surface area (TPSA) is 24.5 Å². The van der Waals surface area contributed by atoms with Gasteiger partial charge in [0.1, 0.15) is 0 Å². The summed E-state index contributed by atoms with van der Waals surface area (Å²) in [6.07, 6.45) is 2.29. The van der Waals surface area contributed by atoms with Gasteiger partial charge >= 0.3 is 0 Å². The van der Waals surface area contributed by atoms with E-state index in [2.05, 4.69) is 32.2 Å². The van der Waals surface area contributed by atoms with Crippen LogP contribution < -0.4 is 5.32 Å². The molecular formula is C16H24BrCl3N2O. The minimum atomic E-state index is 0. The van der Waals surface area contributed by atoms with E-state index in [9.17, 15) is 0 Å². The number of halogens is 4. The lowest BCUT2D eigenvalue weighted by molar-refractivity contribution is 0.0211. The molecule has 7 heteroatoms. The number of ether oxygens (including phenoxy) is 1. The van der Waals surface area contributed by atoms with Gasteiger partial charge in [0.05, 0.1) is 0 Å². The van der Waals surface area contributed by atoms with Gasteiger partial charge in [-0.2, -0.15) is 0 Å². The Labute approximate surface area is 164 Å². The number of piperazine rings is 1. The summed E-state index contributed by atoms with van der Waals surface area (Å²) >= 11 is 9.84. The molecule has 2 aliphatic heterocycles. The molecule has 0 spiro atoms. The Hall–Kier alpha value is 0.450. The highest BCUT2D eigenvalue weighted by molar-refractivity contribution is 9.10. The van der Waals surface area contributed by atoms with Crippen LogP contribution in [0.1, 0.15) is 24.4 Å². The second-order valence-electron chi connectivity index (χ2n) is 5.85. The van der Waals surface area contributed by atoms with Crippen molar-refractivity contribution in [1.82, 2.24) is 10.2 Å². The van der Waals surface area contributed by atoms with Crippen LogP contribution in [0.25, 0.3) is 0 Å². The van der Waals surface area contributed by atoms with Crippen molar-refractivity contribution in [1.29, 1.82) is 0 Å². The van der Waals surface area contributed by atoms with Crippen LogP contribution in [0.3, 0.4) is 0 Å². The van der Waals surface area contributed by atoms with Crippen LogP contribution in [0, 0.1) is 5.92 Å². The molecule has 2 saturated heterocycles. The van der Waals surface area contributed by atoms with E-state index in [0.29, 0.717) is 12.0 Å². The van der Waals surface area contributed by atoms with Gasteiger partial charge in [-0.25, -0.2) is 0 Å². The molecule has 0 radical (unpaired) electrons. The Balaban J connectivity index is 0.00000132. The van der Waals surface area contributed by atoms with Gasteiger partial charge in [0.2, 0.25) is 0 Å². The highest BCUT2D eigenvalue weighted by Crippen LogP contribution is 2.39. The van der Waals surface area contributed by atoms with Crippen LogP contribution in [-0.2, 0) is 4.74 Å². The SMILES string of the molecule is Cl.Cl.Clc1ccc([C@H](C2CCOCC2)N2CCNCC2)c(Br)c1. The van der Waals surface area contributed by atoms with Gasteiger partial charge in [0.15, 0.2) is 0 Å². The minimum Gasteiger partial charge on any atom is -0.381 e. The fraction of sp³-hybridized carbons (Fsp3) is 0.625. The highest BCUT2D eigenvalue weighted by atomic mass is 79.9. The van der Waals surface area contributed by atoms with Crippen LogP contribution in [0.15, 0.2) is 22.7 Å². The van der Waals surface area contributed by atoms with Crippen LogP contribution in [0.5, 0.6) is 0 Å². The Morgan fingerprint density at radius 1 is 1.17 bits per heavy atom. The largest absolute Gasteiger partial charge is 0.381 e. The maximum Gasteiger partial charge on any atom is 0.0469 e. The molecule has 3 nitrogen and oxygen atoms in total. The van der Waals surface area contributed by atoms with Gasteiger partial charge in [0, 0.05) is 54.9 Å². The maximum atomic E-state index is 6.12. The molecule has 1 atom stereocenters. The molecule has 0 aromatic heterocycles. The lowest BCUT2D eigenvalue weighted by Crippen LogP contribution is -2.47. The smallest absolute Gasteiger partial charge is 0.0469 e. The first-order valence-corrected chi connectivity index (χ1v) is 8.90. The van der Waals surface area contributed by atoms with Gasteiger partial charge in [-0.1, -0.05) is 33.6 Å². The quantitative estimate of drug-likeness (QED) is 0.749. The van der Waals surface area contributed by atoms with E-state index in [-0.39, 0.29) is 24.8 Å². The van der Waals surface area contributed by atoms with Crippen LogP contribution in [0.4, 0.5) is 0 Å². The third kappa shape index (κ3) is 5.46. The van der Waals surface area contributed by atoms with Gasteiger partial charge in [0.25, 0.3) is 0 Å².